The number of carbonyl (C=O) groups is 1. The van der Waals surface area contributed by atoms with Gasteiger partial charge in [0.25, 0.3) is 5.91 Å². The minimum atomic E-state index is -1.46. The topological polar surface area (TPSA) is 53.0 Å². The van der Waals surface area contributed by atoms with Crippen molar-refractivity contribution in [2.75, 3.05) is 40.3 Å². The standard InChI is InChI=1S/C15H28N2O3/c1-5-15(2,19)14(18)17-10-7-13(8-11-17)20-12-6-9-16(3)4/h5,13,19H,1,6-12H2,2-4H3/t15-/m1/s1. The van der Waals surface area contributed by atoms with Crippen molar-refractivity contribution in [3.63, 3.8) is 0 Å². The van der Waals surface area contributed by atoms with Gasteiger partial charge in [0.15, 0.2) is 5.60 Å². The fourth-order valence-corrected chi connectivity index (χ4v) is 2.26. The van der Waals surface area contributed by atoms with Gasteiger partial charge < -0.3 is 19.6 Å². The first kappa shape index (κ1) is 17.1. The van der Waals surface area contributed by atoms with E-state index in [1.807, 2.05) is 0 Å². The molecule has 0 saturated carbocycles. The predicted molar refractivity (Wildman–Crippen MR) is 79.5 cm³/mol. The summed E-state index contributed by atoms with van der Waals surface area (Å²) in [6, 6.07) is 0. The molecule has 116 valence electrons. The molecule has 0 aromatic carbocycles. The number of amides is 1. The lowest BCUT2D eigenvalue weighted by Crippen LogP contribution is -2.49. The summed E-state index contributed by atoms with van der Waals surface area (Å²) in [4.78, 5) is 15.9. The van der Waals surface area contributed by atoms with Crippen molar-refractivity contribution in [2.45, 2.75) is 37.9 Å². The molecule has 1 aliphatic heterocycles. The largest absolute Gasteiger partial charge is 0.378 e. The summed E-state index contributed by atoms with van der Waals surface area (Å²) in [6.07, 6.45) is 4.22. The smallest absolute Gasteiger partial charge is 0.258 e. The second-order valence-electron chi connectivity index (χ2n) is 5.87. The minimum Gasteiger partial charge on any atom is -0.378 e. The van der Waals surface area contributed by atoms with Crippen LogP contribution < -0.4 is 0 Å². The highest BCUT2D eigenvalue weighted by Crippen LogP contribution is 2.18. The molecule has 0 aromatic heterocycles. The average Bonchev–Trinajstić information content (AvgIpc) is 2.43. The Bertz CT molecular complexity index is 321. The lowest BCUT2D eigenvalue weighted by Gasteiger charge is -2.35. The van der Waals surface area contributed by atoms with Crippen LogP contribution in [0.4, 0.5) is 0 Å². The van der Waals surface area contributed by atoms with Gasteiger partial charge in [-0.15, -0.1) is 0 Å². The Kier molecular flexibility index (Phi) is 6.65. The Morgan fingerprint density at radius 1 is 1.50 bits per heavy atom. The van der Waals surface area contributed by atoms with E-state index >= 15 is 0 Å². The van der Waals surface area contributed by atoms with Crippen LogP contribution in [-0.2, 0) is 9.53 Å². The molecule has 5 nitrogen and oxygen atoms in total. The molecule has 0 aliphatic carbocycles. The van der Waals surface area contributed by atoms with Gasteiger partial charge in [0.2, 0.25) is 0 Å². The Balaban J connectivity index is 2.26. The van der Waals surface area contributed by atoms with E-state index in [9.17, 15) is 9.90 Å². The van der Waals surface area contributed by atoms with Gasteiger partial charge in [-0.3, -0.25) is 4.79 Å². The van der Waals surface area contributed by atoms with E-state index in [-0.39, 0.29) is 12.0 Å². The van der Waals surface area contributed by atoms with E-state index in [2.05, 4.69) is 25.6 Å². The molecule has 1 fully saturated rings. The molecule has 20 heavy (non-hydrogen) atoms. The molecule has 0 radical (unpaired) electrons. The summed E-state index contributed by atoms with van der Waals surface area (Å²) in [5, 5.41) is 9.89. The van der Waals surface area contributed by atoms with Gasteiger partial charge in [-0.25, -0.2) is 0 Å². The lowest BCUT2D eigenvalue weighted by atomic mass is 10.0. The fraction of sp³-hybridized carbons (Fsp3) is 0.800. The van der Waals surface area contributed by atoms with E-state index in [4.69, 9.17) is 4.74 Å². The zero-order chi connectivity index (χ0) is 15.2. The maximum Gasteiger partial charge on any atom is 0.258 e. The summed E-state index contributed by atoms with van der Waals surface area (Å²) in [7, 11) is 4.10. The van der Waals surface area contributed by atoms with Crippen LogP contribution in [0, 0.1) is 0 Å². The first-order valence-electron chi connectivity index (χ1n) is 7.28. The summed E-state index contributed by atoms with van der Waals surface area (Å²) in [6.45, 7) is 8.05. The number of piperidine rings is 1. The molecule has 0 unspecified atom stereocenters. The Morgan fingerprint density at radius 3 is 2.60 bits per heavy atom. The number of aliphatic hydroxyl groups is 1. The number of hydrogen-bond acceptors (Lipinski definition) is 4. The van der Waals surface area contributed by atoms with Crippen molar-refractivity contribution in [2.24, 2.45) is 0 Å². The summed E-state index contributed by atoms with van der Waals surface area (Å²) < 4.78 is 5.83. The molecule has 1 rings (SSSR count). The third-order valence-corrected chi connectivity index (χ3v) is 3.66. The van der Waals surface area contributed by atoms with Gasteiger partial charge >= 0.3 is 0 Å². The molecule has 0 bridgehead atoms. The van der Waals surface area contributed by atoms with E-state index in [0.717, 1.165) is 32.4 Å². The lowest BCUT2D eigenvalue weighted by molar-refractivity contribution is -0.147. The van der Waals surface area contributed by atoms with Crippen LogP contribution in [0.1, 0.15) is 26.2 Å². The highest BCUT2D eigenvalue weighted by Gasteiger charge is 2.33. The van der Waals surface area contributed by atoms with Crippen molar-refractivity contribution < 1.29 is 14.6 Å². The molecule has 5 heteroatoms. The molecular formula is C15H28N2O3. The molecule has 0 aromatic rings. The van der Waals surface area contributed by atoms with Crippen molar-refractivity contribution >= 4 is 5.91 Å². The van der Waals surface area contributed by atoms with E-state index in [1.54, 1.807) is 4.90 Å². The molecule has 1 saturated heterocycles. The van der Waals surface area contributed by atoms with Gasteiger partial charge in [0, 0.05) is 19.7 Å². The number of ether oxygens (including phenoxy) is 1. The Hall–Kier alpha value is -0.910. The zero-order valence-corrected chi connectivity index (χ0v) is 13.0. The molecule has 0 spiro atoms. The van der Waals surface area contributed by atoms with Gasteiger partial charge in [-0.05, 0) is 46.8 Å². The highest BCUT2D eigenvalue weighted by atomic mass is 16.5. The van der Waals surface area contributed by atoms with Gasteiger partial charge in [-0.1, -0.05) is 12.7 Å². The Morgan fingerprint density at radius 2 is 2.10 bits per heavy atom. The molecule has 1 atom stereocenters. The van der Waals surface area contributed by atoms with E-state index in [1.165, 1.54) is 13.0 Å². The zero-order valence-electron chi connectivity index (χ0n) is 13.0. The average molecular weight is 284 g/mol. The monoisotopic (exact) mass is 284 g/mol. The maximum absolute atomic E-state index is 12.1. The molecule has 1 amide bonds. The van der Waals surface area contributed by atoms with Gasteiger partial charge in [-0.2, -0.15) is 0 Å². The number of nitrogens with zero attached hydrogens (tertiary/aromatic N) is 2. The molecular weight excluding hydrogens is 256 g/mol. The number of hydrogen-bond donors (Lipinski definition) is 1. The third-order valence-electron chi connectivity index (χ3n) is 3.66. The maximum atomic E-state index is 12.1. The third kappa shape index (κ3) is 5.23. The minimum absolute atomic E-state index is 0.231. The SMILES string of the molecule is C=C[C@@](C)(O)C(=O)N1CCC(OCCCN(C)C)CC1. The fourth-order valence-electron chi connectivity index (χ4n) is 2.26. The van der Waals surface area contributed by atoms with Crippen LogP contribution >= 0.6 is 0 Å². The van der Waals surface area contributed by atoms with Crippen LogP contribution in [0.15, 0.2) is 12.7 Å². The van der Waals surface area contributed by atoms with Crippen LogP contribution in [-0.4, -0.2) is 72.9 Å². The van der Waals surface area contributed by atoms with Gasteiger partial charge in [0.05, 0.1) is 6.10 Å². The van der Waals surface area contributed by atoms with Crippen LogP contribution in [0.2, 0.25) is 0 Å². The highest BCUT2D eigenvalue weighted by molar-refractivity contribution is 5.86. The quantitative estimate of drug-likeness (QED) is 0.557. The number of rotatable bonds is 7. The molecule has 1 N–H and O–H groups in total. The molecule has 1 heterocycles. The van der Waals surface area contributed by atoms with Crippen molar-refractivity contribution in [3.8, 4) is 0 Å². The van der Waals surface area contributed by atoms with Crippen molar-refractivity contribution in [3.05, 3.63) is 12.7 Å². The predicted octanol–water partition coefficient (Wildman–Crippen LogP) is 0.883. The number of carbonyl (C=O) groups excluding carboxylic acids is 1. The van der Waals surface area contributed by atoms with Crippen LogP contribution in [0.5, 0.6) is 0 Å². The normalized spacial score (nSPS) is 19.9. The second-order valence-corrected chi connectivity index (χ2v) is 5.87. The van der Waals surface area contributed by atoms with E-state index < -0.39 is 5.60 Å². The summed E-state index contributed by atoms with van der Waals surface area (Å²) in [5.41, 5.74) is -1.46. The Labute approximate surface area is 122 Å². The van der Waals surface area contributed by atoms with Crippen molar-refractivity contribution in [1.82, 2.24) is 9.80 Å². The van der Waals surface area contributed by atoms with Gasteiger partial charge in [0.1, 0.15) is 0 Å². The van der Waals surface area contributed by atoms with E-state index in [0.29, 0.717) is 13.1 Å². The summed E-state index contributed by atoms with van der Waals surface area (Å²) in [5.74, 6) is -0.265. The number of likely N-dealkylation sites (tertiary alicyclic amines) is 1. The second kappa shape index (κ2) is 7.76. The molecule has 1 aliphatic rings. The summed E-state index contributed by atoms with van der Waals surface area (Å²) >= 11 is 0. The first-order chi connectivity index (χ1) is 9.36. The van der Waals surface area contributed by atoms with Crippen LogP contribution in [0.25, 0.3) is 0 Å². The van der Waals surface area contributed by atoms with Crippen LogP contribution in [0.3, 0.4) is 0 Å². The first-order valence-corrected chi connectivity index (χ1v) is 7.28. The van der Waals surface area contributed by atoms with Crippen molar-refractivity contribution in [1.29, 1.82) is 0 Å².